The number of hydrogen-bond acceptors (Lipinski definition) is 3. The summed E-state index contributed by atoms with van der Waals surface area (Å²) >= 11 is 0. The molecule has 0 spiro atoms. The Labute approximate surface area is 207 Å². The fourth-order valence-electron chi connectivity index (χ4n) is 4.63. The number of furan rings is 1. The van der Waals surface area contributed by atoms with Crippen LogP contribution in [0.25, 0.3) is 44.6 Å². The van der Waals surface area contributed by atoms with Crippen LogP contribution in [0.3, 0.4) is 0 Å². The number of aromatic nitrogens is 4. The highest BCUT2D eigenvalue weighted by Crippen LogP contribution is 2.38. The Morgan fingerprint density at radius 1 is 0.886 bits per heavy atom. The third-order valence-corrected chi connectivity index (χ3v) is 6.72. The number of imidazole rings is 1. The number of benzene rings is 2. The van der Waals surface area contributed by atoms with Crippen molar-refractivity contribution in [2.24, 2.45) is 14.1 Å². The minimum atomic E-state index is -0.142. The van der Waals surface area contributed by atoms with Gasteiger partial charge in [0.1, 0.15) is 29.4 Å². The first-order valence-corrected chi connectivity index (χ1v) is 12.2. The molecule has 0 saturated heterocycles. The second kappa shape index (κ2) is 7.77. The second-order valence-corrected chi connectivity index (χ2v) is 11.8. The smallest absolute Gasteiger partial charge is 0.292 e. The van der Waals surface area contributed by atoms with E-state index in [4.69, 9.17) is 14.4 Å². The molecule has 0 aliphatic rings. The summed E-state index contributed by atoms with van der Waals surface area (Å²) in [6.07, 6.45) is 4.15. The SMILES string of the molecule is Cc1ccc2c(oc3cc(-c4cc(C(C)(C)C)nc(C(C)(C)C)n4)ccc32)c1-c1n(C)cc[n+]1C. The number of aryl methyl sites for hydroxylation is 3. The van der Waals surface area contributed by atoms with Crippen molar-refractivity contribution in [1.29, 1.82) is 0 Å². The second-order valence-electron chi connectivity index (χ2n) is 11.8. The summed E-state index contributed by atoms with van der Waals surface area (Å²) in [5.41, 5.74) is 6.91. The van der Waals surface area contributed by atoms with Gasteiger partial charge in [-0.15, -0.1) is 0 Å². The Hall–Kier alpha value is -3.47. The fraction of sp³-hybridized carbons (Fsp3) is 0.367. The molecule has 5 nitrogen and oxygen atoms in total. The van der Waals surface area contributed by atoms with Crippen LogP contribution in [0, 0.1) is 6.92 Å². The molecule has 5 aromatic rings. The van der Waals surface area contributed by atoms with Gasteiger partial charge in [-0.3, -0.25) is 0 Å². The molecular weight excluding hydrogens is 432 g/mol. The average Bonchev–Trinajstić information content (AvgIpc) is 3.31. The summed E-state index contributed by atoms with van der Waals surface area (Å²) in [6, 6.07) is 12.9. The molecule has 5 rings (SSSR count). The molecule has 0 N–H and O–H groups in total. The Morgan fingerprint density at radius 2 is 1.60 bits per heavy atom. The van der Waals surface area contributed by atoms with Crippen LogP contribution in [0.1, 0.15) is 58.6 Å². The van der Waals surface area contributed by atoms with Crippen molar-refractivity contribution < 1.29 is 8.98 Å². The van der Waals surface area contributed by atoms with Gasteiger partial charge >= 0.3 is 0 Å². The van der Waals surface area contributed by atoms with E-state index in [1.807, 2.05) is 0 Å². The third kappa shape index (κ3) is 3.93. The summed E-state index contributed by atoms with van der Waals surface area (Å²) in [5, 5.41) is 2.24. The van der Waals surface area contributed by atoms with Gasteiger partial charge in [-0.2, -0.15) is 0 Å². The third-order valence-electron chi connectivity index (χ3n) is 6.72. The van der Waals surface area contributed by atoms with Crippen LogP contribution in [0.15, 0.2) is 53.2 Å². The maximum absolute atomic E-state index is 6.59. The molecule has 3 heterocycles. The predicted molar refractivity (Wildman–Crippen MR) is 142 cm³/mol. The van der Waals surface area contributed by atoms with Crippen molar-refractivity contribution in [3.05, 3.63) is 65.9 Å². The monoisotopic (exact) mass is 467 g/mol. The van der Waals surface area contributed by atoms with E-state index in [0.717, 1.165) is 56.1 Å². The first-order chi connectivity index (χ1) is 16.3. The quantitative estimate of drug-likeness (QED) is 0.269. The van der Waals surface area contributed by atoms with Gasteiger partial charge in [0.25, 0.3) is 5.82 Å². The summed E-state index contributed by atoms with van der Waals surface area (Å²) in [7, 11) is 4.15. The van der Waals surface area contributed by atoms with Crippen molar-refractivity contribution in [2.75, 3.05) is 0 Å². The van der Waals surface area contributed by atoms with Crippen molar-refractivity contribution in [3.8, 4) is 22.6 Å². The standard InChI is InChI=1S/C30H35N4O/c1-18-10-12-21-20-13-11-19(22-17-24(29(2,3)4)32-28(31-22)30(5,6)7)16-23(20)35-26(21)25(18)27-33(8)14-15-34(27)9/h10-17H,1-9H3/q+1. The van der Waals surface area contributed by atoms with Crippen molar-refractivity contribution in [3.63, 3.8) is 0 Å². The van der Waals surface area contributed by atoms with Gasteiger partial charge in [0.15, 0.2) is 5.58 Å². The minimum Gasteiger partial charge on any atom is -0.455 e. The molecule has 0 saturated carbocycles. The summed E-state index contributed by atoms with van der Waals surface area (Å²) in [6.45, 7) is 15.2. The highest BCUT2D eigenvalue weighted by Gasteiger charge is 2.26. The van der Waals surface area contributed by atoms with Crippen molar-refractivity contribution in [2.45, 2.75) is 59.3 Å². The minimum absolute atomic E-state index is 0.0713. The van der Waals surface area contributed by atoms with Gasteiger partial charge in [-0.05, 0) is 30.7 Å². The van der Waals surface area contributed by atoms with E-state index in [0.29, 0.717) is 0 Å². The number of hydrogen-bond donors (Lipinski definition) is 0. The normalized spacial score (nSPS) is 12.7. The highest BCUT2D eigenvalue weighted by molar-refractivity contribution is 6.10. The van der Waals surface area contributed by atoms with E-state index in [1.54, 1.807) is 0 Å². The summed E-state index contributed by atoms with van der Waals surface area (Å²) in [5.74, 6) is 1.98. The Balaban J connectivity index is 1.74. The molecule has 0 radical (unpaired) electrons. The van der Waals surface area contributed by atoms with E-state index < -0.39 is 0 Å². The molecule has 0 atom stereocenters. The van der Waals surface area contributed by atoms with Crippen LogP contribution in [-0.2, 0) is 24.9 Å². The molecule has 2 aromatic carbocycles. The maximum Gasteiger partial charge on any atom is 0.292 e. The molecule has 0 amide bonds. The van der Waals surface area contributed by atoms with E-state index in [1.165, 1.54) is 5.56 Å². The zero-order chi connectivity index (χ0) is 25.3. The van der Waals surface area contributed by atoms with Crippen LogP contribution in [0.5, 0.6) is 0 Å². The molecular formula is C30H35N4O+. The summed E-state index contributed by atoms with van der Waals surface area (Å²) in [4.78, 5) is 9.91. The van der Waals surface area contributed by atoms with Gasteiger partial charge in [0.05, 0.1) is 25.5 Å². The molecule has 180 valence electrons. The van der Waals surface area contributed by atoms with E-state index in [-0.39, 0.29) is 10.8 Å². The molecule has 0 bridgehead atoms. The lowest BCUT2D eigenvalue weighted by Crippen LogP contribution is -2.29. The topological polar surface area (TPSA) is 47.7 Å². The largest absolute Gasteiger partial charge is 0.455 e. The molecule has 0 aliphatic carbocycles. The van der Waals surface area contributed by atoms with Gasteiger partial charge in [0.2, 0.25) is 0 Å². The molecule has 0 unspecified atom stereocenters. The van der Waals surface area contributed by atoms with Crippen LogP contribution in [0.2, 0.25) is 0 Å². The lowest BCUT2D eigenvalue weighted by atomic mass is 9.89. The Bertz CT molecular complexity index is 1540. The predicted octanol–water partition coefficient (Wildman–Crippen LogP) is 6.78. The van der Waals surface area contributed by atoms with Crippen molar-refractivity contribution >= 4 is 21.9 Å². The number of rotatable bonds is 2. The lowest BCUT2D eigenvalue weighted by molar-refractivity contribution is -0.659. The molecule has 5 heteroatoms. The molecule has 35 heavy (non-hydrogen) atoms. The first kappa shape index (κ1) is 23.3. The first-order valence-electron chi connectivity index (χ1n) is 12.2. The van der Waals surface area contributed by atoms with Gasteiger partial charge in [-0.25, -0.2) is 19.1 Å². The highest BCUT2D eigenvalue weighted by atomic mass is 16.3. The van der Waals surface area contributed by atoms with E-state index in [9.17, 15) is 0 Å². The summed E-state index contributed by atoms with van der Waals surface area (Å²) < 4.78 is 10.9. The zero-order valence-electron chi connectivity index (χ0n) is 22.3. The lowest BCUT2D eigenvalue weighted by Gasteiger charge is -2.23. The number of fused-ring (bicyclic) bond motifs is 3. The van der Waals surface area contributed by atoms with Crippen LogP contribution in [0.4, 0.5) is 0 Å². The Morgan fingerprint density at radius 3 is 2.23 bits per heavy atom. The van der Waals surface area contributed by atoms with Crippen LogP contribution >= 0.6 is 0 Å². The van der Waals surface area contributed by atoms with Gasteiger partial charge in [0, 0.05) is 27.2 Å². The fourth-order valence-corrected chi connectivity index (χ4v) is 4.63. The van der Waals surface area contributed by atoms with Gasteiger partial charge in [-0.1, -0.05) is 59.7 Å². The average molecular weight is 468 g/mol. The molecule has 3 aromatic heterocycles. The zero-order valence-corrected chi connectivity index (χ0v) is 22.3. The Kier molecular flexibility index (Phi) is 5.17. The van der Waals surface area contributed by atoms with Crippen LogP contribution in [-0.4, -0.2) is 14.5 Å². The van der Waals surface area contributed by atoms with E-state index >= 15 is 0 Å². The molecule has 0 fully saturated rings. The van der Waals surface area contributed by atoms with E-state index in [2.05, 4.69) is 120 Å². The maximum atomic E-state index is 6.59. The number of nitrogens with zero attached hydrogens (tertiary/aromatic N) is 4. The van der Waals surface area contributed by atoms with Gasteiger partial charge < -0.3 is 4.42 Å². The molecule has 0 aliphatic heterocycles. The van der Waals surface area contributed by atoms with Crippen molar-refractivity contribution in [1.82, 2.24) is 14.5 Å². The van der Waals surface area contributed by atoms with Crippen LogP contribution < -0.4 is 4.57 Å².